The maximum Gasteiger partial charge on any atom is 0.220 e. The maximum atomic E-state index is 12.3. The second-order valence-corrected chi connectivity index (χ2v) is 6.36. The topological polar surface area (TPSA) is 29.1 Å². The summed E-state index contributed by atoms with van der Waals surface area (Å²) in [6.45, 7) is 8.41. The largest absolute Gasteiger partial charge is 0.349 e. The Morgan fingerprint density at radius 1 is 1.00 bits per heavy atom. The SMILES string of the molecule is CC[C@H](NC(=O)CCc1ccc(C)cc1)c1ccc(C)c(C)c1. The first-order valence-corrected chi connectivity index (χ1v) is 8.41. The number of benzene rings is 2. The Kier molecular flexibility index (Phi) is 5.97. The van der Waals surface area contributed by atoms with Gasteiger partial charge in [-0.15, -0.1) is 0 Å². The summed E-state index contributed by atoms with van der Waals surface area (Å²) in [6.07, 6.45) is 2.22. The lowest BCUT2D eigenvalue weighted by Gasteiger charge is -2.18. The lowest BCUT2D eigenvalue weighted by Crippen LogP contribution is -2.28. The van der Waals surface area contributed by atoms with Crippen molar-refractivity contribution < 1.29 is 4.79 Å². The van der Waals surface area contributed by atoms with E-state index in [1.165, 1.54) is 27.8 Å². The molecule has 0 unspecified atom stereocenters. The highest BCUT2D eigenvalue weighted by atomic mass is 16.1. The van der Waals surface area contributed by atoms with Gasteiger partial charge in [0.05, 0.1) is 6.04 Å². The van der Waals surface area contributed by atoms with Crippen LogP contribution in [0.15, 0.2) is 42.5 Å². The van der Waals surface area contributed by atoms with Crippen molar-refractivity contribution in [3.63, 3.8) is 0 Å². The van der Waals surface area contributed by atoms with Crippen molar-refractivity contribution >= 4 is 5.91 Å². The number of aryl methyl sites for hydroxylation is 4. The van der Waals surface area contributed by atoms with Crippen molar-refractivity contribution in [3.05, 3.63) is 70.3 Å². The summed E-state index contributed by atoms with van der Waals surface area (Å²) in [7, 11) is 0. The molecule has 0 aliphatic heterocycles. The maximum absolute atomic E-state index is 12.3. The Balaban J connectivity index is 1.94. The molecule has 122 valence electrons. The smallest absolute Gasteiger partial charge is 0.220 e. The Labute approximate surface area is 139 Å². The third kappa shape index (κ3) is 4.95. The molecule has 0 aliphatic carbocycles. The minimum atomic E-state index is 0.0971. The Morgan fingerprint density at radius 2 is 1.70 bits per heavy atom. The van der Waals surface area contributed by atoms with Crippen LogP contribution >= 0.6 is 0 Å². The number of amides is 1. The second-order valence-electron chi connectivity index (χ2n) is 6.36. The Morgan fingerprint density at radius 3 is 2.30 bits per heavy atom. The van der Waals surface area contributed by atoms with E-state index >= 15 is 0 Å². The van der Waals surface area contributed by atoms with Crippen molar-refractivity contribution in [1.29, 1.82) is 0 Å². The van der Waals surface area contributed by atoms with Gasteiger partial charge >= 0.3 is 0 Å². The Hall–Kier alpha value is -2.09. The normalized spacial score (nSPS) is 12.0. The zero-order valence-electron chi connectivity index (χ0n) is 14.6. The molecule has 0 fully saturated rings. The molecule has 1 amide bonds. The first-order chi connectivity index (χ1) is 11.0. The molecule has 2 aromatic rings. The number of hydrogen-bond donors (Lipinski definition) is 1. The first kappa shape index (κ1) is 17.3. The fraction of sp³-hybridized carbons (Fsp3) is 0.381. The third-order valence-corrected chi connectivity index (χ3v) is 4.44. The summed E-state index contributed by atoms with van der Waals surface area (Å²) < 4.78 is 0. The molecule has 1 atom stereocenters. The molecule has 23 heavy (non-hydrogen) atoms. The van der Waals surface area contributed by atoms with Gasteiger partial charge in [0.1, 0.15) is 0 Å². The molecule has 0 spiro atoms. The van der Waals surface area contributed by atoms with Gasteiger partial charge in [-0.25, -0.2) is 0 Å². The van der Waals surface area contributed by atoms with Crippen LogP contribution in [0.5, 0.6) is 0 Å². The fourth-order valence-electron chi connectivity index (χ4n) is 2.68. The van der Waals surface area contributed by atoms with Crippen molar-refractivity contribution in [1.82, 2.24) is 5.32 Å². The highest BCUT2D eigenvalue weighted by Gasteiger charge is 2.13. The molecule has 0 heterocycles. The molecule has 1 N–H and O–H groups in total. The van der Waals surface area contributed by atoms with Gasteiger partial charge in [0.2, 0.25) is 5.91 Å². The van der Waals surface area contributed by atoms with Gasteiger partial charge in [-0.2, -0.15) is 0 Å². The molecule has 0 aliphatic rings. The van der Waals surface area contributed by atoms with Crippen LogP contribution in [0.25, 0.3) is 0 Å². The molecule has 2 aromatic carbocycles. The minimum Gasteiger partial charge on any atom is -0.349 e. The summed E-state index contributed by atoms with van der Waals surface area (Å²) in [5.74, 6) is 0.121. The number of rotatable bonds is 6. The standard InChI is InChI=1S/C21H27NO/c1-5-20(19-12-8-16(3)17(4)14-19)22-21(23)13-11-18-9-6-15(2)7-10-18/h6-10,12,14,20H,5,11,13H2,1-4H3,(H,22,23)/t20-/m0/s1. The van der Waals surface area contributed by atoms with Crippen molar-refractivity contribution in [3.8, 4) is 0 Å². The highest BCUT2D eigenvalue weighted by molar-refractivity contribution is 5.76. The molecule has 2 heteroatoms. The lowest BCUT2D eigenvalue weighted by atomic mass is 9.99. The van der Waals surface area contributed by atoms with Crippen molar-refractivity contribution in [2.24, 2.45) is 0 Å². The van der Waals surface area contributed by atoms with Gasteiger partial charge in [0, 0.05) is 6.42 Å². The van der Waals surface area contributed by atoms with Crippen molar-refractivity contribution in [2.45, 2.75) is 53.0 Å². The van der Waals surface area contributed by atoms with E-state index in [0.717, 1.165) is 12.8 Å². The predicted octanol–water partition coefficient (Wildman–Crippen LogP) is 4.81. The van der Waals surface area contributed by atoms with E-state index < -0.39 is 0 Å². The fourth-order valence-corrected chi connectivity index (χ4v) is 2.68. The van der Waals surface area contributed by atoms with E-state index in [2.05, 4.69) is 75.5 Å². The number of nitrogens with one attached hydrogen (secondary N) is 1. The summed E-state index contributed by atoms with van der Waals surface area (Å²) in [4.78, 5) is 12.3. The van der Waals surface area contributed by atoms with Gasteiger partial charge in [0.25, 0.3) is 0 Å². The minimum absolute atomic E-state index is 0.0971. The van der Waals surface area contributed by atoms with Crippen LogP contribution in [-0.2, 0) is 11.2 Å². The van der Waals surface area contributed by atoms with E-state index in [4.69, 9.17) is 0 Å². The van der Waals surface area contributed by atoms with E-state index in [9.17, 15) is 4.79 Å². The molecule has 0 radical (unpaired) electrons. The number of hydrogen-bond acceptors (Lipinski definition) is 1. The van der Waals surface area contributed by atoms with E-state index in [1.54, 1.807) is 0 Å². The molecule has 2 nitrogen and oxygen atoms in total. The third-order valence-electron chi connectivity index (χ3n) is 4.44. The number of carbonyl (C=O) groups is 1. The van der Waals surface area contributed by atoms with Crippen LogP contribution in [0.3, 0.4) is 0 Å². The summed E-state index contributed by atoms with van der Waals surface area (Å²) in [5, 5.41) is 3.17. The average Bonchev–Trinajstić information content (AvgIpc) is 2.55. The van der Waals surface area contributed by atoms with Gasteiger partial charge in [0.15, 0.2) is 0 Å². The van der Waals surface area contributed by atoms with Gasteiger partial charge in [-0.05, 0) is 55.9 Å². The van der Waals surface area contributed by atoms with E-state index in [-0.39, 0.29) is 11.9 Å². The van der Waals surface area contributed by atoms with Crippen LogP contribution in [0.4, 0.5) is 0 Å². The van der Waals surface area contributed by atoms with Crippen LogP contribution in [0, 0.1) is 20.8 Å². The zero-order valence-corrected chi connectivity index (χ0v) is 14.6. The Bertz CT molecular complexity index is 658. The van der Waals surface area contributed by atoms with E-state index in [0.29, 0.717) is 6.42 Å². The molecular weight excluding hydrogens is 282 g/mol. The van der Waals surface area contributed by atoms with Crippen LogP contribution < -0.4 is 5.32 Å². The zero-order chi connectivity index (χ0) is 16.8. The van der Waals surface area contributed by atoms with Gasteiger partial charge in [-0.1, -0.05) is 55.0 Å². The molecule has 0 bridgehead atoms. The molecule has 0 aromatic heterocycles. The first-order valence-electron chi connectivity index (χ1n) is 8.41. The van der Waals surface area contributed by atoms with Crippen molar-refractivity contribution in [2.75, 3.05) is 0 Å². The second kappa shape index (κ2) is 7.96. The highest BCUT2D eigenvalue weighted by Crippen LogP contribution is 2.20. The summed E-state index contributed by atoms with van der Waals surface area (Å²) in [5.41, 5.74) is 6.22. The van der Waals surface area contributed by atoms with Crippen LogP contribution in [-0.4, -0.2) is 5.91 Å². The molecule has 0 saturated heterocycles. The lowest BCUT2D eigenvalue weighted by molar-refractivity contribution is -0.121. The van der Waals surface area contributed by atoms with Crippen LogP contribution in [0.2, 0.25) is 0 Å². The predicted molar refractivity (Wildman–Crippen MR) is 96.6 cm³/mol. The summed E-state index contributed by atoms with van der Waals surface area (Å²) in [6, 6.07) is 14.9. The molecule has 0 saturated carbocycles. The average molecular weight is 309 g/mol. The summed E-state index contributed by atoms with van der Waals surface area (Å²) >= 11 is 0. The monoisotopic (exact) mass is 309 g/mol. The van der Waals surface area contributed by atoms with Gasteiger partial charge in [-0.3, -0.25) is 4.79 Å². The van der Waals surface area contributed by atoms with Gasteiger partial charge < -0.3 is 5.32 Å². The van der Waals surface area contributed by atoms with Crippen LogP contribution in [0.1, 0.15) is 53.6 Å². The quantitative estimate of drug-likeness (QED) is 0.815. The number of carbonyl (C=O) groups excluding carboxylic acids is 1. The molecule has 2 rings (SSSR count). The van der Waals surface area contributed by atoms with E-state index in [1.807, 2.05) is 0 Å². The molecular formula is C21H27NO.